The van der Waals surface area contributed by atoms with Crippen molar-refractivity contribution in [3.63, 3.8) is 0 Å². The average molecular weight is 317 g/mol. The van der Waals surface area contributed by atoms with Crippen LogP contribution < -0.4 is 35.1 Å². The maximum atomic E-state index is 12.3. The molecule has 0 fully saturated rings. The molecule has 0 spiro atoms. The van der Waals surface area contributed by atoms with Gasteiger partial charge in [-0.3, -0.25) is 9.36 Å². The number of rotatable bonds is 1. The van der Waals surface area contributed by atoms with Gasteiger partial charge in [-0.25, -0.2) is 4.98 Å². The van der Waals surface area contributed by atoms with Crippen LogP contribution in [0, 0.1) is 0 Å². The normalized spacial score (nSPS) is 10.5. The second-order valence-electron chi connectivity index (χ2n) is 4.12. The summed E-state index contributed by atoms with van der Waals surface area (Å²) in [6, 6.07) is 3.40. The molecule has 0 saturated heterocycles. The number of hydrogen-bond donors (Lipinski definition) is 1. The van der Waals surface area contributed by atoms with Crippen LogP contribution in [0.1, 0.15) is 1.43 Å². The number of pyridine rings is 2. The number of fused-ring (bicyclic) bond motifs is 1. The Hall–Kier alpha value is -0.850. The van der Waals surface area contributed by atoms with Crippen LogP contribution in [0.4, 0.5) is 0 Å². The molecule has 3 rings (SSSR count). The molecular weight excluding hydrogens is 307 g/mol. The van der Waals surface area contributed by atoms with Crippen molar-refractivity contribution in [2.24, 2.45) is 7.05 Å². The molecule has 20 heavy (non-hydrogen) atoms. The Morgan fingerprint density at radius 3 is 2.90 bits per heavy atom. The number of nitrogens with zero attached hydrogens (tertiary/aromatic N) is 2. The Labute approximate surface area is 147 Å². The number of aromatic hydroxyl groups is 1. The van der Waals surface area contributed by atoms with Gasteiger partial charge in [0.2, 0.25) is 0 Å². The van der Waals surface area contributed by atoms with Gasteiger partial charge in [-0.05, 0) is 22.9 Å². The van der Waals surface area contributed by atoms with Gasteiger partial charge >= 0.3 is 29.6 Å². The fraction of sp³-hybridized carbons (Fsp3) is 0.0769. The summed E-state index contributed by atoms with van der Waals surface area (Å²) < 4.78 is 1.42. The number of halogens is 1. The van der Waals surface area contributed by atoms with Gasteiger partial charge in [-0.15, -0.1) is 0 Å². The fourth-order valence-electron chi connectivity index (χ4n) is 2.04. The molecule has 0 radical (unpaired) electrons. The monoisotopic (exact) mass is 316 g/mol. The molecular formula is C13H10ClN2NaO2S. The molecule has 0 aliphatic heterocycles. The standard InChI is InChI=1S/C13H9ClN2O2S.Na.H/c1-16-12-9(4-8(14)5-15-12)11(17)10(13(16)18)7-2-3-19-6-7;;/h2-6,17H,1H3;;/q;+1;-1. The van der Waals surface area contributed by atoms with Crippen molar-refractivity contribution in [3.8, 4) is 16.9 Å². The Balaban J connectivity index is 0.00000110. The van der Waals surface area contributed by atoms with Crippen LogP contribution >= 0.6 is 22.9 Å². The topological polar surface area (TPSA) is 55.1 Å². The van der Waals surface area contributed by atoms with Gasteiger partial charge in [0.15, 0.2) is 0 Å². The third-order valence-corrected chi connectivity index (χ3v) is 3.86. The van der Waals surface area contributed by atoms with Crippen LogP contribution in [0.3, 0.4) is 0 Å². The molecule has 0 saturated carbocycles. The molecule has 0 unspecified atom stereocenters. The zero-order valence-corrected chi connectivity index (χ0v) is 14.5. The van der Waals surface area contributed by atoms with Crippen LogP contribution in [0.15, 0.2) is 33.9 Å². The zero-order valence-electron chi connectivity index (χ0n) is 11.9. The van der Waals surface area contributed by atoms with Gasteiger partial charge in [-0.1, -0.05) is 11.6 Å². The summed E-state index contributed by atoms with van der Waals surface area (Å²) in [7, 11) is 1.63. The molecule has 7 heteroatoms. The summed E-state index contributed by atoms with van der Waals surface area (Å²) in [6.45, 7) is 0. The second-order valence-corrected chi connectivity index (χ2v) is 5.34. The van der Waals surface area contributed by atoms with E-state index in [1.54, 1.807) is 19.2 Å². The molecule has 0 aromatic carbocycles. The minimum atomic E-state index is -0.279. The summed E-state index contributed by atoms with van der Waals surface area (Å²) in [6.07, 6.45) is 1.45. The van der Waals surface area contributed by atoms with Crippen LogP contribution in [0.25, 0.3) is 22.2 Å². The average Bonchev–Trinajstić information content (AvgIpc) is 2.90. The first-order chi connectivity index (χ1) is 9.09. The van der Waals surface area contributed by atoms with E-state index in [-0.39, 0.29) is 47.9 Å². The molecule has 4 nitrogen and oxygen atoms in total. The number of aromatic nitrogens is 2. The van der Waals surface area contributed by atoms with Crippen LogP contribution in [0.5, 0.6) is 5.75 Å². The van der Waals surface area contributed by atoms with Crippen LogP contribution in [-0.4, -0.2) is 14.7 Å². The van der Waals surface area contributed by atoms with Crippen molar-refractivity contribution < 1.29 is 36.1 Å². The molecule has 0 atom stereocenters. The Kier molecular flexibility index (Phi) is 4.56. The third kappa shape index (κ3) is 2.40. The Bertz CT molecular complexity index is 836. The second kappa shape index (κ2) is 5.87. The van der Waals surface area contributed by atoms with E-state index in [1.165, 1.54) is 22.1 Å². The SMILES string of the molecule is Cn1c(=O)c(-c2ccsc2)c(O)c2cc(Cl)cnc21.[H-].[Na+]. The van der Waals surface area contributed by atoms with Gasteiger partial charge in [0, 0.05) is 18.8 Å². The quantitative estimate of drug-likeness (QED) is 0.650. The van der Waals surface area contributed by atoms with Crippen molar-refractivity contribution in [2.45, 2.75) is 0 Å². The molecule has 1 N–H and O–H groups in total. The number of hydrogen-bond acceptors (Lipinski definition) is 4. The molecule has 0 amide bonds. The van der Waals surface area contributed by atoms with E-state index in [9.17, 15) is 9.90 Å². The summed E-state index contributed by atoms with van der Waals surface area (Å²) >= 11 is 7.37. The van der Waals surface area contributed by atoms with Crippen molar-refractivity contribution in [3.05, 3.63) is 44.5 Å². The minimum Gasteiger partial charge on any atom is -1.00 e. The molecule has 3 heterocycles. The van der Waals surface area contributed by atoms with E-state index in [1.807, 2.05) is 10.8 Å². The Morgan fingerprint density at radius 2 is 2.25 bits per heavy atom. The van der Waals surface area contributed by atoms with Crippen molar-refractivity contribution in [1.82, 2.24) is 9.55 Å². The smallest absolute Gasteiger partial charge is 1.00 e. The van der Waals surface area contributed by atoms with Gasteiger partial charge in [-0.2, -0.15) is 11.3 Å². The largest absolute Gasteiger partial charge is 1.00 e. The molecule has 3 aromatic rings. The summed E-state index contributed by atoms with van der Waals surface area (Å²) in [5, 5.41) is 14.9. The first kappa shape index (κ1) is 15.5. The van der Waals surface area contributed by atoms with Gasteiger partial charge < -0.3 is 6.53 Å². The maximum absolute atomic E-state index is 12.3. The summed E-state index contributed by atoms with van der Waals surface area (Å²) in [5.41, 5.74) is 1.11. The van der Waals surface area contributed by atoms with Gasteiger partial charge in [0.05, 0.1) is 16.0 Å². The van der Waals surface area contributed by atoms with E-state index in [4.69, 9.17) is 11.6 Å². The number of aryl methyl sites for hydroxylation is 1. The van der Waals surface area contributed by atoms with E-state index >= 15 is 0 Å². The fourth-order valence-corrected chi connectivity index (χ4v) is 2.85. The molecule has 98 valence electrons. The summed E-state index contributed by atoms with van der Waals surface area (Å²) in [4.78, 5) is 16.4. The zero-order chi connectivity index (χ0) is 13.6. The molecule has 0 aliphatic carbocycles. The maximum Gasteiger partial charge on any atom is 1.00 e. The first-order valence-corrected chi connectivity index (χ1v) is 6.81. The van der Waals surface area contributed by atoms with Crippen LogP contribution in [-0.2, 0) is 7.05 Å². The van der Waals surface area contributed by atoms with Gasteiger partial charge in [0.1, 0.15) is 11.4 Å². The molecule has 0 aliphatic rings. The van der Waals surface area contributed by atoms with Crippen molar-refractivity contribution in [2.75, 3.05) is 0 Å². The summed E-state index contributed by atoms with van der Waals surface area (Å²) in [5.74, 6) is -0.0773. The van der Waals surface area contributed by atoms with Gasteiger partial charge in [0.25, 0.3) is 5.56 Å². The number of thiophene rings is 1. The minimum absolute atomic E-state index is 0. The predicted molar refractivity (Wildman–Crippen MR) is 78.1 cm³/mol. The van der Waals surface area contributed by atoms with E-state index < -0.39 is 0 Å². The Morgan fingerprint density at radius 1 is 1.50 bits per heavy atom. The van der Waals surface area contributed by atoms with E-state index in [0.717, 1.165) is 0 Å². The first-order valence-electron chi connectivity index (χ1n) is 5.49. The third-order valence-electron chi connectivity index (χ3n) is 2.97. The van der Waals surface area contributed by atoms with E-state index in [2.05, 4.69) is 4.98 Å². The van der Waals surface area contributed by atoms with Crippen LogP contribution in [0.2, 0.25) is 5.02 Å². The molecule has 0 bridgehead atoms. The van der Waals surface area contributed by atoms with E-state index in [0.29, 0.717) is 21.6 Å². The molecule has 3 aromatic heterocycles. The van der Waals surface area contributed by atoms with Crippen molar-refractivity contribution >= 4 is 34.0 Å². The van der Waals surface area contributed by atoms with Crippen molar-refractivity contribution in [1.29, 1.82) is 0 Å². The predicted octanol–water partition coefficient (Wildman–Crippen LogP) is 0.137.